The van der Waals surface area contributed by atoms with Gasteiger partial charge in [0.25, 0.3) is 0 Å². The number of ether oxygens (including phenoxy) is 2. The highest BCUT2D eigenvalue weighted by Gasteiger charge is 2.32. The largest absolute Gasteiger partial charge is 0.483 e. The van der Waals surface area contributed by atoms with Gasteiger partial charge in [0.05, 0.1) is 0 Å². The zero-order valence-electron chi connectivity index (χ0n) is 11.9. The number of nitrogens with one attached hydrogen (secondary N) is 1. The minimum atomic E-state index is -0.240. The molecule has 1 aromatic carbocycles. The first kappa shape index (κ1) is 13.4. The Morgan fingerprint density at radius 3 is 2.90 bits per heavy atom. The first-order chi connectivity index (χ1) is 9.97. The summed E-state index contributed by atoms with van der Waals surface area (Å²) in [6.45, 7) is 4.08. The van der Waals surface area contributed by atoms with Crippen LogP contribution in [-0.2, 0) is 6.42 Å². The summed E-state index contributed by atoms with van der Waals surface area (Å²) in [6.07, 6.45) is 0.834. The van der Waals surface area contributed by atoms with E-state index in [-0.39, 0.29) is 11.5 Å². The van der Waals surface area contributed by atoms with E-state index in [2.05, 4.69) is 15.4 Å². The number of aromatic nitrogens is 2. The Kier molecular flexibility index (Phi) is 3.06. The summed E-state index contributed by atoms with van der Waals surface area (Å²) < 4.78 is 11.7. The highest BCUT2D eigenvalue weighted by Crippen LogP contribution is 2.43. The van der Waals surface area contributed by atoms with Gasteiger partial charge >= 0.3 is 0 Å². The third-order valence-corrected chi connectivity index (χ3v) is 3.14. The third kappa shape index (κ3) is 2.68. The molecule has 1 aromatic heterocycles. The third-order valence-electron chi connectivity index (χ3n) is 3.14. The fraction of sp³-hybridized carbons (Fsp3) is 0.286. The first-order valence-corrected chi connectivity index (χ1v) is 6.57. The fourth-order valence-corrected chi connectivity index (χ4v) is 2.35. The van der Waals surface area contributed by atoms with Crippen molar-refractivity contribution in [3.63, 3.8) is 0 Å². The lowest BCUT2D eigenvalue weighted by molar-refractivity contribution is 0.135. The number of hydrogen-bond donors (Lipinski definition) is 3. The number of nitrogens with two attached hydrogens (primary N) is 2. The van der Waals surface area contributed by atoms with Crippen molar-refractivity contribution in [1.82, 2.24) is 9.97 Å². The molecule has 5 N–H and O–H groups in total. The van der Waals surface area contributed by atoms with Gasteiger partial charge in [-0.1, -0.05) is 12.1 Å². The second-order valence-electron chi connectivity index (χ2n) is 5.48. The van der Waals surface area contributed by atoms with Gasteiger partial charge in [0, 0.05) is 18.1 Å². The smallest absolute Gasteiger partial charge is 0.226 e. The quantitative estimate of drug-likeness (QED) is 0.584. The second-order valence-corrected chi connectivity index (χ2v) is 5.48. The normalized spacial score (nSPS) is 15.2. The zero-order valence-corrected chi connectivity index (χ0v) is 11.9. The molecule has 1 aliphatic rings. The summed E-state index contributed by atoms with van der Waals surface area (Å²) in [7, 11) is 0. The lowest BCUT2D eigenvalue weighted by atomic mass is 10.0. The van der Waals surface area contributed by atoms with Gasteiger partial charge in [-0.05, 0) is 19.9 Å². The van der Waals surface area contributed by atoms with Crippen LogP contribution in [0.5, 0.6) is 17.4 Å². The maximum absolute atomic E-state index is 5.94. The second kappa shape index (κ2) is 4.78. The summed E-state index contributed by atoms with van der Waals surface area (Å²) in [4.78, 5) is 7.94. The SMILES string of the molecule is CC1(C)Cc2cccc(Oc3cc(NN)nc(N)n3)c2O1. The fourth-order valence-electron chi connectivity index (χ4n) is 2.35. The standard InChI is InChI=1S/C14H17N5O2/c1-14(2)7-8-4-3-5-9(12(8)21-14)20-11-6-10(19-16)17-13(15)18-11/h3-6H,7,16H2,1-2H3,(H3,15,17,18,19). The number of anilines is 2. The molecule has 7 nitrogen and oxygen atoms in total. The maximum atomic E-state index is 5.94. The van der Waals surface area contributed by atoms with Gasteiger partial charge in [-0.15, -0.1) is 0 Å². The van der Waals surface area contributed by atoms with Crippen molar-refractivity contribution in [2.75, 3.05) is 11.2 Å². The molecule has 2 aromatic rings. The monoisotopic (exact) mass is 287 g/mol. The van der Waals surface area contributed by atoms with Crippen molar-refractivity contribution in [3.8, 4) is 17.4 Å². The molecular formula is C14H17N5O2. The van der Waals surface area contributed by atoms with Crippen LogP contribution in [0.4, 0.5) is 11.8 Å². The Labute approximate surface area is 122 Å². The molecule has 1 aliphatic heterocycles. The molecule has 7 heteroatoms. The van der Waals surface area contributed by atoms with Crippen LogP contribution in [0.15, 0.2) is 24.3 Å². The van der Waals surface area contributed by atoms with Crippen LogP contribution in [-0.4, -0.2) is 15.6 Å². The topological polar surface area (TPSA) is 108 Å². The summed E-state index contributed by atoms with van der Waals surface area (Å²) in [5.74, 6) is 7.43. The van der Waals surface area contributed by atoms with E-state index >= 15 is 0 Å². The van der Waals surface area contributed by atoms with Gasteiger partial charge in [-0.3, -0.25) is 0 Å². The molecule has 0 aliphatic carbocycles. The van der Waals surface area contributed by atoms with Crippen LogP contribution in [0, 0.1) is 0 Å². The Hall–Kier alpha value is -2.54. The number of rotatable bonds is 3. The highest BCUT2D eigenvalue weighted by molar-refractivity contribution is 5.52. The predicted octanol–water partition coefficient (Wildman–Crippen LogP) is 1.85. The Balaban J connectivity index is 1.94. The molecule has 0 atom stereocenters. The number of para-hydroxylation sites is 1. The molecular weight excluding hydrogens is 270 g/mol. The molecule has 0 amide bonds. The molecule has 110 valence electrons. The van der Waals surface area contributed by atoms with Crippen molar-refractivity contribution in [2.45, 2.75) is 25.9 Å². The van der Waals surface area contributed by atoms with Crippen LogP contribution in [0.2, 0.25) is 0 Å². The Bertz CT molecular complexity index is 687. The van der Waals surface area contributed by atoms with Crippen LogP contribution in [0.3, 0.4) is 0 Å². The van der Waals surface area contributed by atoms with E-state index in [1.54, 1.807) is 6.07 Å². The molecule has 0 unspecified atom stereocenters. The van der Waals surface area contributed by atoms with E-state index in [4.69, 9.17) is 21.1 Å². The number of hydrazine groups is 1. The molecule has 2 heterocycles. The van der Waals surface area contributed by atoms with E-state index in [1.165, 1.54) is 0 Å². The lowest BCUT2D eigenvalue weighted by Crippen LogP contribution is -2.24. The summed E-state index contributed by atoms with van der Waals surface area (Å²) in [5.41, 5.74) is 8.90. The zero-order chi connectivity index (χ0) is 15.0. The van der Waals surface area contributed by atoms with Gasteiger partial charge in [0.2, 0.25) is 11.8 Å². The molecule has 21 heavy (non-hydrogen) atoms. The van der Waals surface area contributed by atoms with Gasteiger partial charge in [0.15, 0.2) is 11.5 Å². The Morgan fingerprint density at radius 1 is 1.33 bits per heavy atom. The van der Waals surface area contributed by atoms with Crippen molar-refractivity contribution >= 4 is 11.8 Å². The molecule has 0 saturated heterocycles. The molecule has 0 bridgehead atoms. The van der Waals surface area contributed by atoms with Crippen LogP contribution in [0.25, 0.3) is 0 Å². The van der Waals surface area contributed by atoms with Crippen molar-refractivity contribution in [2.24, 2.45) is 5.84 Å². The summed E-state index contributed by atoms with van der Waals surface area (Å²) in [6, 6.07) is 7.34. The number of fused-ring (bicyclic) bond motifs is 1. The van der Waals surface area contributed by atoms with E-state index in [1.807, 2.05) is 32.0 Å². The van der Waals surface area contributed by atoms with E-state index < -0.39 is 0 Å². The molecule has 0 saturated carbocycles. The van der Waals surface area contributed by atoms with E-state index in [0.29, 0.717) is 17.4 Å². The van der Waals surface area contributed by atoms with E-state index in [9.17, 15) is 0 Å². The van der Waals surface area contributed by atoms with Crippen LogP contribution in [0.1, 0.15) is 19.4 Å². The van der Waals surface area contributed by atoms with Crippen molar-refractivity contribution < 1.29 is 9.47 Å². The van der Waals surface area contributed by atoms with Crippen molar-refractivity contribution in [3.05, 3.63) is 29.8 Å². The number of nitrogens with zero attached hydrogens (tertiary/aromatic N) is 2. The number of benzene rings is 1. The van der Waals surface area contributed by atoms with Gasteiger partial charge in [0.1, 0.15) is 11.4 Å². The molecule has 3 rings (SSSR count). The van der Waals surface area contributed by atoms with E-state index in [0.717, 1.165) is 17.7 Å². The average Bonchev–Trinajstić information content (AvgIpc) is 2.73. The van der Waals surface area contributed by atoms with Crippen molar-refractivity contribution in [1.29, 1.82) is 0 Å². The van der Waals surface area contributed by atoms with Crippen LogP contribution < -0.4 is 26.5 Å². The molecule has 0 spiro atoms. The Morgan fingerprint density at radius 2 is 2.14 bits per heavy atom. The lowest BCUT2D eigenvalue weighted by Gasteiger charge is -2.18. The number of nitrogen functional groups attached to an aromatic ring is 2. The van der Waals surface area contributed by atoms with Gasteiger partial charge in [-0.25, -0.2) is 5.84 Å². The summed E-state index contributed by atoms with van der Waals surface area (Å²) in [5, 5.41) is 0. The minimum absolute atomic E-state index is 0.0780. The average molecular weight is 287 g/mol. The summed E-state index contributed by atoms with van der Waals surface area (Å²) >= 11 is 0. The number of hydrogen-bond acceptors (Lipinski definition) is 7. The maximum Gasteiger partial charge on any atom is 0.226 e. The minimum Gasteiger partial charge on any atom is -0.483 e. The molecule has 0 fully saturated rings. The highest BCUT2D eigenvalue weighted by atomic mass is 16.5. The van der Waals surface area contributed by atoms with Gasteiger partial charge in [-0.2, -0.15) is 9.97 Å². The van der Waals surface area contributed by atoms with Crippen LogP contribution >= 0.6 is 0 Å². The predicted molar refractivity (Wildman–Crippen MR) is 79.2 cm³/mol. The molecule has 0 radical (unpaired) electrons. The van der Waals surface area contributed by atoms with Gasteiger partial charge < -0.3 is 20.6 Å². The first-order valence-electron chi connectivity index (χ1n) is 6.57.